The molecule has 0 aliphatic heterocycles. The van der Waals surface area contributed by atoms with Crippen molar-refractivity contribution in [3.63, 3.8) is 0 Å². The summed E-state index contributed by atoms with van der Waals surface area (Å²) in [5.74, 6) is 1.27. The lowest BCUT2D eigenvalue weighted by atomic mass is 10.2. The zero-order chi connectivity index (χ0) is 16.7. The van der Waals surface area contributed by atoms with Gasteiger partial charge in [-0.05, 0) is 48.7 Å². The second-order valence-electron chi connectivity index (χ2n) is 4.62. The lowest BCUT2D eigenvalue weighted by Crippen LogP contribution is -2.26. The molecule has 0 unspecified atom stereocenters. The molecule has 0 bridgehead atoms. The number of halogens is 1. The summed E-state index contributed by atoms with van der Waals surface area (Å²) >= 11 is 9.14. The van der Waals surface area contributed by atoms with E-state index in [4.69, 9.17) is 16.3 Å². The molecule has 0 aromatic heterocycles. The molecule has 0 saturated heterocycles. The summed E-state index contributed by atoms with van der Waals surface area (Å²) in [7, 11) is 1.58. The Morgan fingerprint density at radius 2 is 1.87 bits per heavy atom. The number of methoxy groups -OCH3 is 1. The van der Waals surface area contributed by atoms with E-state index in [0.29, 0.717) is 17.9 Å². The lowest BCUT2D eigenvalue weighted by Gasteiger charge is -2.10. The number of amides is 1. The van der Waals surface area contributed by atoms with E-state index in [1.807, 2.05) is 42.7 Å². The average molecular weight is 368 g/mol. The highest BCUT2D eigenvalue weighted by Gasteiger charge is 2.12. The van der Waals surface area contributed by atoms with Crippen molar-refractivity contribution in [1.29, 1.82) is 0 Å². The van der Waals surface area contributed by atoms with Crippen LogP contribution in [0.3, 0.4) is 0 Å². The molecule has 0 fully saturated rings. The van der Waals surface area contributed by atoms with Gasteiger partial charge in [-0.1, -0.05) is 11.6 Å². The van der Waals surface area contributed by atoms with Crippen LogP contribution >= 0.6 is 35.1 Å². The van der Waals surface area contributed by atoms with E-state index in [0.717, 1.165) is 20.6 Å². The number of carbonyl (C=O) groups is 1. The number of rotatable bonds is 7. The smallest absolute Gasteiger partial charge is 0.255 e. The van der Waals surface area contributed by atoms with E-state index in [2.05, 4.69) is 5.32 Å². The number of benzene rings is 2. The largest absolute Gasteiger partial charge is 0.496 e. The molecule has 0 spiro atoms. The first-order valence-corrected chi connectivity index (χ1v) is 9.61. The van der Waals surface area contributed by atoms with Crippen molar-refractivity contribution in [3.8, 4) is 5.75 Å². The minimum atomic E-state index is -0.119. The summed E-state index contributed by atoms with van der Waals surface area (Å²) < 4.78 is 5.30. The highest BCUT2D eigenvalue weighted by molar-refractivity contribution is 7.99. The Labute approximate surface area is 150 Å². The maximum atomic E-state index is 12.3. The predicted octanol–water partition coefficient (Wildman–Crippen LogP) is 4.59. The summed E-state index contributed by atoms with van der Waals surface area (Å²) in [6, 6.07) is 13.3. The van der Waals surface area contributed by atoms with Crippen molar-refractivity contribution in [2.75, 3.05) is 25.7 Å². The molecule has 1 N–H and O–H groups in total. The van der Waals surface area contributed by atoms with Crippen LogP contribution in [0.4, 0.5) is 0 Å². The molecule has 2 aromatic carbocycles. The van der Waals surface area contributed by atoms with Gasteiger partial charge < -0.3 is 10.1 Å². The van der Waals surface area contributed by atoms with Crippen molar-refractivity contribution >= 4 is 41.0 Å². The van der Waals surface area contributed by atoms with Gasteiger partial charge in [0, 0.05) is 27.1 Å². The van der Waals surface area contributed by atoms with E-state index in [1.165, 1.54) is 0 Å². The third-order valence-electron chi connectivity index (χ3n) is 3.12. The van der Waals surface area contributed by atoms with Crippen molar-refractivity contribution in [3.05, 3.63) is 53.1 Å². The molecule has 6 heteroatoms. The molecule has 0 radical (unpaired) electrons. The van der Waals surface area contributed by atoms with Gasteiger partial charge in [0.2, 0.25) is 0 Å². The van der Waals surface area contributed by atoms with Crippen LogP contribution < -0.4 is 10.1 Å². The number of thioether (sulfide) groups is 2. The number of carbonyl (C=O) groups excluding carboxylic acids is 1. The number of hydrogen-bond acceptors (Lipinski definition) is 4. The molecule has 2 aromatic rings. The van der Waals surface area contributed by atoms with Crippen LogP contribution in [0.2, 0.25) is 5.02 Å². The van der Waals surface area contributed by atoms with Crippen LogP contribution in [0.5, 0.6) is 5.75 Å². The fourth-order valence-electron chi connectivity index (χ4n) is 1.95. The zero-order valence-electron chi connectivity index (χ0n) is 13.0. The van der Waals surface area contributed by atoms with Crippen LogP contribution in [0.1, 0.15) is 10.4 Å². The van der Waals surface area contributed by atoms with Crippen molar-refractivity contribution < 1.29 is 9.53 Å². The molecule has 0 heterocycles. The maximum Gasteiger partial charge on any atom is 0.255 e. The van der Waals surface area contributed by atoms with E-state index >= 15 is 0 Å². The molecule has 122 valence electrons. The monoisotopic (exact) mass is 367 g/mol. The second-order valence-corrected chi connectivity index (χ2v) is 7.11. The molecule has 0 atom stereocenters. The predicted molar refractivity (Wildman–Crippen MR) is 99.3 cm³/mol. The SMILES string of the molecule is COc1cc(SC)ccc1C(=O)NCCSc1ccc(Cl)cc1. The quantitative estimate of drug-likeness (QED) is 0.573. The van der Waals surface area contributed by atoms with Crippen molar-refractivity contribution in [2.24, 2.45) is 0 Å². The molecular weight excluding hydrogens is 350 g/mol. The van der Waals surface area contributed by atoms with Crippen LogP contribution in [-0.4, -0.2) is 31.6 Å². The highest BCUT2D eigenvalue weighted by atomic mass is 35.5. The van der Waals surface area contributed by atoms with Crippen LogP contribution in [-0.2, 0) is 0 Å². The summed E-state index contributed by atoms with van der Waals surface area (Å²) in [6.45, 7) is 0.583. The first-order valence-electron chi connectivity index (χ1n) is 7.02. The van der Waals surface area contributed by atoms with Crippen LogP contribution in [0.25, 0.3) is 0 Å². The fourth-order valence-corrected chi connectivity index (χ4v) is 3.27. The standard InChI is InChI=1S/C17H18ClNO2S2/c1-21-16-11-14(22-2)7-8-15(16)17(20)19-9-10-23-13-5-3-12(18)4-6-13/h3-8,11H,9-10H2,1-2H3,(H,19,20). The van der Waals surface area contributed by atoms with E-state index in [9.17, 15) is 4.79 Å². The van der Waals surface area contributed by atoms with Gasteiger partial charge in [0.25, 0.3) is 5.91 Å². The third-order valence-corrected chi connectivity index (χ3v) is 5.11. The Morgan fingerprint density at radius 1 is 1.17 bits per heavy atom. The summed E-state index contributed by atoms with van der Waals surface area (Å²) in [6.07, 6.45) is 1.99. The molecule has 3 nitrogen and oxygen atoms in total. The van der Waals surface area contributed by atoms with Gasteiger partial charge in [-0.3, -0.25) is 4.79 Å². The molecule has 0 saturated carbocycles. The lowest BCUT2D eigenvalue weighted by molar-refractivity contribution is 0.0953. The second kappa shape index (κ2) is 9.11. The first kappa shape index (κ1) is 18.0. The minimum absolute atomic E-state index is 0.119. The van der Waals surface area contributed by atoms with Gasteiger partial charge in [0.15, 0.2) is 0 Å². The summed E-state index contributed by atoms with van der Waals surface area (Å²) in [5, 5.41) is 3.65. The molecule has 0 aliphatic carbocycles. The summed E-state index contributed by atoms with van der Waals surface area (Å²) in [4.78, 5) is 14.5. The van der Waals surface area contributed by atoms with Gasteiger partial charge in [-0.15, -0.1) is 23.5 Å². The Bertz CT molecular complexity index is 662. The normalized spacial score (nSPS) is 10.4. The Morgan fingerprint density at radius 3 is 2.52 bits per heavy atom. The van der Waals surface area contributed by atoms with Crippen LogP contribution in [0, 0.1) is 0 Å². The van der Waals surface area contributed by atoms with Gasteiger partial charge in [0.1, 0.15) is 5.75 Å². The molecule has 23 heavy (non-hydrogen) atoms. The molecule has 1 amide bonds. The third kappa shape index (κ3) is 5.37. The zero-order valence-corrected chi connectivity index (χ0v) is 15.4. The van der Waals surface area contributed by atoms with Crippen LogP contribution in [0.15, 0.2) is 52.3 Å². The van der Waals surface area contributed by atoms with Gasteiger partial charge in [0.05, 0.1) is 12.7 Å². The van der Waals surface area contributed by atoms with E-state index in [-0.39, 0.29) is 5.91 Å². The number of ether oxygens (including phenoxy) is 1. The van der Waals surface area contributed by atoms with Crippen molar-refractivity contribution in [2.45, 2.75) is 9.79 Å². The van der Waals surface area contributed by atoms with Gasteiger partial charge >= 0.3 is 0 Å². The first-order chi connectivity index (χ1) is 11.1. The average Bonchev–Trinajstić information content (AvgIpc) is 2.59. The summed E-state index contributed by atoms with van der Waals surface area (Å²) in [5.41, 5.74) is 0.557. The van der Waals surface area contributed by atoms with Gasteiger partial charge in [-0.25, -0.2) is 0 Å². The minimum Gasteiger partial charge on any atom is -0.496 e. The Kier molecular flexibility index (Phi) is 7.15. The van der Waals surface area contributed by atoms with E-state index < -0.39 is 0 Å². The van der Waals surface area contributed by atoms with Gasteiger partial charge in [-0.2, -0.15) is 0 Å². The molecule has 2 rings (SSSR count). The number of nitrogens with one attached hydrogen (secondary N) is 1. The fraction of sp³-hybridized carbons (Fsp3) is 0.235. The van der Waals surface area contributed by atoms with Crippen molar-refractivity contribution in [1.82, 2.24) is 5.32 Å². The molecule has 0 aliphatic rings. The number of hydrogen-bond donors (Lipinski definition) is 1. The topological polar surface area (TPSA) is 38.3 Å². The highest BCUT2D eigenvalue weighted by Crippen LogP contribution is 2.25. The van der Waals surface area contributed by atoms with E-state index in [1.54, 1.807) is 36.7 Å². The Balaban J connectivity index is 1.86. The molecular formula is C17H18ClNO2S2. The maximum absolute atomic E-state index is 12.3. The Hall–Kier alpha value is -1.30.